The number of fused-ring (bicyclic) bond motifs is 3. The minimum atomic E-state index is -0.688. The molecule has 0 spiro atoms. The third-order valence-electron chi connectivity index (χ3n) is 4.58. The fourth-order valence-electron chi connectivity index (χ4n) is 3.43. The Balaban J connectivity index is 1.97. The molecule has 0 amide bonds. The highest BCUT2D eigenvalue weighted by Gasteiger charge is 2.36. The lowest BCUT2D eigenvalue weighted by Crippen LogP contribution is -2.29. The zero-order valence-corrected chi connectivity index (χ0v) is 14.8. The summed E-state index contributed by atoms with van der Waals surface area (Å²) >= 11 is 0. The van der Waals surface area contributed by atoms with Gasteiger partial charge in [-0.3, -0.25) is 4.57 Å². The van der Waals surface area contributed by atoms with Crippen LogP contribution in [0.5, 0.6) is 0 Å². The summed E-state index contributed by atoms with van der Waals surface area (Å²) in [4.78, 5) is 17.4. The molecule has 3 aromatic rings. The van der Waals surface area contributed by atoms with Crippen LogP contribution in [0.2, 0.25) is 0 Å². The maximum atomic E-state index is 14.7. The van der Waals surface area contributed by atoms with E-state index in [0.717, 1.165) is 11.0 Å². The Bertz CT molecular complexity index is 1080. The number of aromatic nitrogens is 2. The van der Waals surface area contributed by atoms with Crippen molar-refractivity contribution in [3.63, 3.8) is 0 Å². The molecule has 0 fully saturated rings. The van der Waals surface area contributed by atoms with E-state index in [1.807, 2.05) is 28.8 Å². The number of halogens is 1. The van der Waals surface area contributed by atoms with Crippen molar-refractivity contribution < 1.29 is 13.9 Å². The average molecular weight is 363 g/mol. The summed E-state index contributed by atoms with van der Waals surface area (Å²) in [5, 5.41) is 3.16. The van der Waals surface area contributed by atoms with Crippen molar-refractivity contribution in [1.82, 2.24) is 9.55 Å². The predicted molar refractivity (Wildman–Crippen MR) is 102 cm³/mol. The Morgan fingerprint density at radius 1 is 1.30 bits per heavy atom. The Morgan fingerprint density at radius 3 is 2.81 bits per heavy atom. The highest BCUT2D eigenvalue weighted by atomic mass is 19.1. The highest BCUT2D eigenvalue weighted by Crippen LogP contribution is 2.40. The minimum absolute atomic E-state index is 0.0805. The first-order valence-corrected chi connectivity index (χ1v) is 8.59. The first-order valence-electron chi connectivity index (χ1n) is 8.59. The van der Waals surface area contributed by atoms with Crippen molar-refractivity contribution in [2.45, 2.75) is 13.0 Å². The lowest BCUT2D eigenvalue weighted by molar-refractivity contribution is -0.138. The van der Waals surface area contributed by atoms with Gasteiger partial charge in [-0.25, -0.2) is 14.2 Å². The third-order valence-corrected chi connectivity index (χ3v) is 4.58. The van der Waals surface area contributed by atoms with Crippen LogP contribution >= 0.6 is 0 Å². The van der Waals surface area contributed by atoms with Crippen LogP contribution in [0, 0.1) is 5.82 Å². The predicted octanol–water partition coefficient (Wildman–Crippen LogP) is 4.19. The largest absolute Gasteiger partial charge is 0.458 e. The van der Waals surface area contributed by atoms with Crippen molar-refractivity contribution in [1.29, 1.82) is 0 Å². The standard InChI is InChI=1S/C21H18FN3O2/c1-3-12-27-20(26)18-13(2)23-21-24-16-10-6-7-11-17(16)25(21)19(18)14-8-4-5-9-15(14)22/h3-11,19H,1,12H2,2H3,(H,23,24)/t19-/m1/s1. The Kier molecular flexibility index (Phi) is 4.24. The number of allylic oxidation sites excluding steroid dienone is 1. The van der Waals surface area contributed by atoms with Crippen LogP contribution in [0.1, 0.15) is 18.5 Å². The number of nitrogens with one attached hydrogen (secondary N) is 1. The highest BCUT2D eigenvalue weighted by molar-refractivity contribution is 5.94. The van der Waals surface area contributed by atoms with Crippen LogP contribution in [0.15, 0.2) is 72.5 Å². The molecule has 1 N–H and O–H groups in total. The summed E-state index contributed by atoms with van der Waals surface area (Å²) in [7, 11) is 0. The van der Waals surface area contributed by atoms with Gasteiger partial charge in [-0.1, -0.05) is 43.0 Å². The van der Waals surface area contributed by atoms with Gasteiger partial charge in [0.05, 0.1) is 22.6 Å². The quantitative estimate of drug-likeness (QED) is 0.558. The van der Waals surface area contributed by atoms with E-state index in [1.54, 1.807) is 25.1 Å². The van der Waals surface area contributed by atoms with Gasteiger partial charge in [-0.05, 0) is 25.1 Å². The van der Waals surface area contributed by atoms with Gasteiger partial charge in [-0.15, -0.1) is 0 Å². The Morgan fingerprint density at radius 2 is 2.04 bits per heavy atom. The molecule has 0 saturated carbocycles. The van der Waals surface area contributed by atoms with Gasteiger partial charge in [0.25, 0.3) is 0 Å². The number of benzene rings is 2. The molecule has 27 heavy (non-hydrogen) atoms. The number of carbonyl (C=O) groups is 1. The maximum Gasteiger partial charge on any atom is 0.338 e. The van der Waals surface area contributed by atoms with Gasteiger partial charge in [0.1, 0.15) is 12.4 Å². The number of hydrogen-bond donors (Lipinski definition) is 1. The molecule has 0 aliphatic carbocycles. The fourth-order valence-corrected chi connectivity index (χ4v) is 3.43. The van der Waals surface area contributed by atoms with Crippen molar-refractivity contribution in [2.24, 2.45) is 0 Å². The molecule has 0 radical (unpaired) electrons. The molecule has 6 heteroatoms. The molecule has 1 aromatic heterocycles. The number of nitrogens with zero attached hydrogens (tertiary/aromatic N) is 2. The summed E-state index contributed by atoms with van der Waals surface area (Å²) in [6.45, 7) is 5.42. The van der Waals surface area contributed by atoms with Gasteiger partial charge in [-0.2, -0.15) is 0 Å². The van der Waals surface area contributed by atoms with Crippen molar-refractivity contribution in [3.8, 4) is 0 Å². The second-order valence-electron chi connectivity index (χ2n) is 6.27. The second-order valence-corrected chi connectivity index (χ2v) is 6.27. The number of para-hydroxylation sites is 2. The summed E-state index contributed by atoms with van der Waals surface area (Å²) in [5.74, 6) is -0.353. The third kappa shape index (κ3) is 2.79. The Hall–Kier alpha value is -3.41. The van der Waals surface area contributed by atoms with Gasteiger partial charge in [0.15, 0.2) is 0 Å². The van der Waals surface area contributed by atoms with Gasteiger partial charge >= 0.3 is 5.97 Å². The first kappa shape index (κ1) is 17.0. The zero-order chi connectivity index (χ0) is 19.0. The number of anilines is 1. The number of rotatable bonds is 4. The van der Waals surface area contributed by atoms with E-state index in [0.29, 0.717) is 22.8 Å². The topological polar surface area (TPSA) is 56.1 Å². The lowest BCUT2D eigenvalue weighted by Gasteiger charge is -2.30. The number of ether oxygens (including phenoxy) is 1. The van der Waals surface area contributed by atoms with Crippen LogP contribution in [0.4, 0.5) is 10.3 Å². The second kappa shape index (κ2) is 6.72. The lowest BCUT2D eigenvalue weighted by atomic mass is 9.94. The maximum absolute atomic E-state index is 14.7. The van der Waals surface area contributed by atoms with E-state index < -0.39 is 17.8 Å². The summed E-state index contributed by atoms with van der Waals surface area (Å²) in [6, 6.07) is 13.3. The number of carbonyl (C=O) groups excluding carboxylic acids is 1. The number of hydrogen-bond acceptors (Lipinski definition) is 4. The normalized spacial score (nSPS) is 16.0. The van der Waals surface area contributed by atoms with Crippen LogP contribution in [-0.4, -0.2) is 22.1 Å². The molecule has 0 saturated heterocycles. The van der Waals surface area contributed by atoms with Crippen LogP contribution in [-0.2, 0) is 9.53 Å². The van der Waals surface area contributed by atoms with Gasteiger partial charge < -0.3 is 10.1 Å². The average Bonchev–Trinajstić information content (AvgIpc) is 3.03. The molecule has 2 aromatic carbocycles. The first-order chi connectivity index (χ1) is 13.1. The molecule has 4 rings (SSSR count). The summed E-state index contributed by atoms with van der Waals surface area (Å²) in [5.41, 5.74) is 2.87. The zero-order valence-electron chi connectivity index (χ0n) is 14.8. The number of esters is 1. The van der Waals surface area contributed by atoms with Crippen molar-refractivity contribution >= 4 is 23.0 Å². The smallest absolute Gasteiger partial charge is 0.338 e. The van der Waals surface area contributed by atoms with Crippen LogP contribution in [0.25, 0.3) is 11.0 Å². The van der Waals surface area contributed by atoms with Crippen molar-refractivity contribution in [2.75, 3.05) is 11.9 Å². The van der Waals surface area contributed by atoms with Gasteiger partial charge in [0, 0.05) is 11.3 Å². The summed E-state index contributed by atoms with van der Waals surface area (Å²) < 4.78 is 21.9. The fraction of sp³-hybridized carbons (Fsp3) is 0.143. The Labute approximate surface area is 155 Å². The molecule has 1 aliphatic heterocycles. The van der Waals surface area contributed by atoms with Crippen LogP contribution < -0.4 is 5.32 Å². The SMILES string of the molecule is C=CCOC(=O)C1=C(C)Nc2nc3ccccc3n2[C@@H]1c1ccccc1F. The molecular weight excluding hydrogens is 345 g/mol. The molecular formula is C21H18FN3O2. The van der Waals surface area contributed by atoms with Gasteiger partial charge in [0.2, 0.25) is 5.95 Å². The van der Waals surface area contributed by atoms with E-state index in [4.69, 9.17) is 4.74 Å². The number of imidazole rings is 1. The minimum Gasteiger partial charge on any atom is -0.458 e. The molecule has 0 bridgehead atoms. The molecule has 1 aliphatic rings. The molecule has 1 atom stereocenters. The van der Waals surface area contributed by atoms with Crippen molar-refractivity contribution in [3.05, 3.63) is 83.8 Å². The molecule has 2 heterocycles. The summed E-state index contributed by atoms with van der Waals surface area (Å²) in [6.07, 6.45) is 1.50. The van der Waals surface area contributed by atoms with E-state index >= 15 is 0 Å². The molecule has 136 valence electrons. The van der Waals surface area contributed by atoms with Crippen LogP contribution in [0.3, 0.4) is 0 Å². The van der Waals surface area contributed by atoms with E-state index in [2.05, 4.69) is 16.9 Å². The molecule has 5 nitrogen and oxygen atoms in total. The van der Waals surface area contributed by atoms with E-state index in [-0.39, 0.29) is 6.61 Å². The monoisotopic (exact) mass is 363 g/mol. The molecule has 0 unspecified atom stereocenters. The van der Waals surface area contributed by atoms with E-state index in [1.165, 1.54) is 12.1 Å². The van der Waals surface area contributed by atoms with E-state index in [9.17, 15) is 9.18 Å².